The lowest BCUT2D eigenvalue weighted by molar-refractivity contribution is 0.350. The molecule has 0 saturated heterocycles. The number of aliphatic hydroxyl groups excluding tert-OH is 1. The molecule has 0 radical (unpaired) electrons. The van der Waals surface area contributed by atoms with Crippen molar-refractivity contribution in [1.82, 2.24) is 0 Å². The first-order chi connectivity index (χ1) is 10.2. The average molecular weight is 298 g/mol. The molecule has 3 heteroatoms. The van der Waals surface area contributed by atoms with E-state index in [4.69, 9.17) is 9.84 Å². The van der Waals surface area contributed by atoms with Crippen LogP contribution in [0.1, 0.15) is 16.7 Å². The summed E-state index contributed by atoms with van der Waals surface area (Å²) >= 11 is 1.79. The van der Waals surface area contributed by atoms with E-state index < -0.39 is 0 Å². The van der Waals surface area contributed by atoms with Crippen molar-refractivity contribution in [3.05, 3.63) is 59.2 Å². The summed E-state index contributed by atoms with van der Waals surface area (Å²) < 4.78 is 5.28. The Morgan fingerprint density at radius 2 is 1.90 bits per heavy atom. The molecule has 0 fully saturated rings. The van der Waals surface area contributed by atoms with Crippen molar-refractivity contribution in [2.24, 2.45) is 0 Å². The Morgan fingerprint density at radius 1 is 1.14 bits per heavy atom. The number of rotatable bonds is 4. The average Bonchev–Trinajstić information content (AvgIpc) is 2.52. The Kier molecular flexibility index (Phi) is 5.74. The maximum Gasteiger partial charge on any atom is 0.134 e. The van der Waals surface area contributed by atoms with Crippen LogP contribution in [-0.2, 0) is 5.75 Å². The molecule has 2 nitrogen and oxygen atoms in total. The minimum atomic E-state index is -0.147. The third-order valence-electron chi connectivity index (χ3n) is 2.99. The fraction of sp³-hybridized carbons (Fsp3) is 0.222. The van der Waals surface area contributed by atoms with Crippen molar-refractivity contribution in [3.8, 4) is 17.6 Å². The lowest BCUT2D eigenvalue weighted by Gasteiger charge is -2.07. The van der Waals surface area contributed by atoms with Crippen LogP contribution in [0.4, 0.5) is 0 Å². The van der Waals surface area contributed by atoms with Crippen LogP contribution < -0.4 is 4.74 Å². The number of methoxy groups -OCH3 is 1. The molecule has 0 saturated carbocycles. The van der Waals surface area contributed by atoms with E-state index >= 15 is 0 Å². The van der Waals surface area contributed by atoms with Gasteiger partial charge in [0.2, 0.25) is 0 Å². The summed E-state index contributed by atoms with van der Waals surface area (Å²) in [5, 5.41) is 8.82. The monoisotopic (exact) mass is 298 g/mol. The lowest BCUT2D eigenvalue weighted by atomic mass is 10.1. The van der Waals surface area contributed by atoms with Crippen LogP contribution in [0.15, 0.2) is 47.4 Å². The first-order valence-corrected chi connectivity index (χ1v) is 7.67. The van der Waals surface area contributed by atoms with Gasteiger partial charge in [0.05, 0.1) is 12.7 Å². The molecule has 0 aliphatic carbocycles. The largest absolute Gasteiger partial charge is 0.495 e. The predicted octanol–water partition coefficient (Wildman–Crippen LogP) is 3.64. The molecule has 0 bridgehead atoms. The number of thioether (sulfide) groups is 1. The van der Waals surface area contributed by atoms with E-state index in [2.05, 4.69) is 43.0 Å². The van der Waals surface area contributed by atoms with Crippen molar-refractivity contribution >= 4 is 11.8 Å². The highest BCUT2D eigenvalue weighted by molar-refractivity contribution is 7.98. The second-order valence-electron chi connectivity index (χ2n) is 4.60. The summed E-state index contributed by atoms with van der Waals surface area (Å²) in [4.78, 5) is 1.25. The fourth-order valence-corrected chi connectivity index (χ4v) is 2.72. The van der Waals surface area contributed by atoms with Gasteiger partial charge in [-0.3, -0.25) is 0 Å². The molecule has 0 unspecified atom stereocenters. The van der Waals surface area contributed by atoms with E-state index in [1.165, 1.54) is 16.0 Å². The SMILES string of the molecule is COc1ccc(CSc2ccc(C)cc2)cc1C#CCO. The maximum atomic E-state index is 8.82. The van der Waals surface area contributed by atoms with Gasteiger partial charge in [-0.25, -0.2) is 0 Å². The van der Waals surface area contributed by atoms with Crippen LogP contribution >= 0.6 is 11.8 Å². The molecule has 0 atom stereocenters. The van der Waals surface area contributed by atoms with Crippen molar-refractivity contribution in [2.75, 3.05) is 13.7 Å². The quantitative estimate of drug-likeness (QED) is 0.690. The maximum absolute atomic E-state index is 8.82. The highest BCUT2D eigenvalue weighted by atomic mass is 32.2. The van der Waals surface area contributed by atoms with Gasteiger partial charge in [-0.05, 0) is 36.8 Å². The minimum absolute atomic E-state index is 0.147. The Hall–Kier alpha value is -1.89. The number of hydrogen-bond donors (Lipinski definition) is 1. The second-order valence-corrected chi connectivity index (χ2v) is 5.65. The van der Waals surface area contributed by atoms with E-state index in [-0.39, 0.29) is 6.61 Å². The topological polar surface area (TPSA) is 29.5 Å². The summed E-state index contributed by atoms with van der Waals surface area (Å²) in [5.41, 5.74) is 3.27. The summed E-state index contributed by atoms with van der Waals surface area (Å²) in [7, 11) is 1.63. The van der Waals surface area contributed by atoms with Gasteiger partial charge in [0.1, 0.15) is 12.4 Å². The van der Waals surface area contributed by atoms with E-state index in [9.17, 15) is 0 Å². The van der Waals surface area contributed by atoms with Crippen molar-refractivity contribution in [2.45, 2.75) is 17.6 Å². The van der Waals surface area contributed by atoms with Crippen LogP contribution in [0.3, 0.4) is 0 Å². The number of hydrogen-bond acceptors (Lipinski definition) is 3. The number of ether oxygens (including phenoxy) is 1. The highest BCUT2D eigenvalue weighted by Gasteiger charge is 2.03. The molecule has 0 amide bonds. The second kappa shape index (κ2) is 7.78. The van der Waals surface area contributed by atoms with Crippen LogP contribution in [0, 0.1) is 18.8 Å². The molecule has 0 aromatic heterocycles. The molecule has 2 aromatic carbocycles. The molecule has 1 N–H and O–H groups in total. The van der Waals surface area contributed by atoms with E-state index in [1.807, 2.05) is 18.2 Å². The third-order valence-corrected chi connectivity index (χ3v) is 4.08. The van der Waals surface area contributed by atoms with E-state index in [1.54, 1.807) is 18.9 Å². The Bertz CT molecular complexity index is 651. The Morgan fingerprint density at radius 3 is 2.57 bits per heavy atom. The summed E-state index contributed by atoms with van der Waals surface area (Å²) in [6.07, 6.45) is 0. The molecular formula is C18H18O2S. The molecular weight excluding hydrogens is 280 g/mol. The molecule has 0 aliphatic rings. The van der Waals surface area contributed by atoms with Crippen LogP contribution in [0.5, 0.6) is 5.75 Å². The van der Waals surface area contributed by atoms with Gasteiger partial charge in [-0.15, -0.1) is 11.8 Å². The van der Waals surface area contributed by atoms with Gasteiger partial charge < -0.3 is 9.84 Å². The zero-order valence-corrected chi connectivity index (χ0v) is 13.0. The van der Waals surface area contributed by atoms with Gasteiger partial charge in [0.25, 0.3) is 0 Å². The Labute approximate surface area is 130 Å². The van der Waals surface area contributed by atoms with Gasteiger partial charge in [-0.2, -0.15) is 0 Å². The lowest BCUT2D eigenvalue weighted by Crippen LogP contribution is -1.91. The molecule has 0 heterocycles. The zero-order valence-electron chi connectivity index (χ0n) is 12.2. The van der Waals surface area contributed by atoms with Crippen LogP contribution in [0.2, 0.25) is 0 Å². The predicted molar refractivity (Wildman–Crippen MR) is 87.7 cm³/mol. The molecule has 0 aliphatic heterocycles. The smallest absolute Gasteiger partial charge is 0.134 e. The van der Waals surface area contributed by atoms with E-state index in [0.717, 1.165) is 17.1 Å². The molecule has 2 rings (SSSR count). The normalized spacial score (nSPS) is 9.86. The van der Waals surface area contributed by atoms with Gasteiger partial charge in [0, 0.05) is 10.6 Å². The fourth-order valence-electron chi connectivity index (χ4n) is 1.88. The molecule has 108 valence electrons. The van der Waals surface area contributed by atoms with E-state index in [0.29, 0.717) is 0 Å². The first-order valence-electron chi connectivity index (χ1n) is 6.69. The van der Waals surface area contributed by atoms with Gasteiger partial charge in [-0.1, -0.05) is 35.6 Å². The van der Waals surface area contributed by atoms with Crippen molar-refractivity contribution in [1.29, 1.82) is 0 Å². The summed E-state index contributed by atoms with van der Waals surface area (Å²) in [6, 6.07) is 14.5. The zero-order chi connectivity index (χ0) is 15.1. The summed E-state index contributed by atoms with van der Waals surface area (Å²) in [6.45, 7) is 1.94. The van der Waals surface area contributed by atoms with Crippen molar-refractivity contribution < 1.29 is 9.84 Å². The standard InChI is InChI=1S/C18H18O2S/c1-14-5-8-17(9-6-14)21-13-15-7-10-18(20-2)16(12-15)4-3-11-19/h5-10,12,19H,11,13H2,1-2H3. The van der Waals surface area contributed by atoms with Crippen LogP contribution in [0.25, 0.3) is 0 Å². The summed E-state index contributed by atoms with van der Waals surface area (Å²) in [5.74, 6) is 7.20. The molecule has 21 heavy (non-hydrogen) atoms. The number of aryl methyl sites for hydroxylation is 1. The highest BCUT2D eigenvalue weighted by Crippen LogP contribution is 2.26. The minimum Gasteiger partial charge on any atom is -0.495 e. The van der Waals surface area contributed by atoms with Crippen LogP contribution in [-0.4, -0.2) is 18.8 Å². The molecule has 2 aromatic rings. The van der Waals surface area contributed by atoms with Crippen molar-refractivity contribution in [3.63, 3.8) is 0 Å². The molecule has 0 spiro atoms. The number of aliphatic hydroxyl groups is 1. The van der Waals surface area contributed by atoms with Gasteiger partial charge in [0.15, 0.2) is 0 Å². The number of benzene rings is 2. The Balaban J connectivity index is 2.11. The first kappa shape index (κ1) is 15.5. The van der Waals surface area contributed by atoms with Gasteiger partial charge >= 0.3 is 0 Å². The third kappa shape index (κ3) is 4.56.